The molecule has 4 nitrogen and oxygen atoms in total. The van der Waals surface area contributed by atoms with Crippen molar-refractivity contribution >= 4 is 5.91 Å². The van der Waals surface area contributed by atoms with Gasteiger partial charge in [0.1, 0.15) is 0 Å². The largest absolute Gasteiger partial charge is 0.368 e. The summed E-state index contributed by atoms with van der Waals surface area (Å²) in [7, 11) is 0. The summed E-state index contributed by atoms with van der Waals surface area (Å²) in [6, 6.07) is 0. The third kappa shape index (κ3) is 3.95. The maximum absolute atomic E-state index is 11.5. The highest BCUT2D eigenvalue weighted by molar-refractivity contribution is 5.83. The minimum atomic E-state index is -0.506. The zero-order chi connectivity index (χ0) is 14.6. The second-order valence-corrected chi connectivity index (χ2v) is 7.07. The molecule has 1 aliphatic heterocycles. The van der Waals surface area contributed by atoms with Gasteiger partial charge in [-0.15, -0.1) is 0 Å². The summed E-state index contributed by atoms with van der Waals surface area (Å²) in [6.07, 6.45) is 8.51. The molecule has 20 heavy (non-hydrogen) atoms. The van der Waals surface area contributed by atoms with Crippen LogP contribution in [0.25, 0.3) is 0 Å². The standard InChI is InChI=1S/C16H31N3O/c1-16(2,15(17)20)19-11-9-18(10-12-19)13-14-7-5-3-4-6-8-14/h14H,3-13H2,1-2H3,(H2,17,20). The van der Waals surface area contributed by atoms with Crippen molar-refractivity contribution < 1.29 is 4.79 Å². The van der Waals surface area contributed by atoms with Gasteiger partial charge in [0.15, 0.2) is 0 Å². The Morgan fingerprint density at radius 1 is 1.05 bits per heavy atom. The summed E-state index contributed by atoms with van der Waals surface area (Å²) in [6.45, 7) is 9.21. The molecule has 0 bridgehead atoms. The number of carbonyl (C=O) groups excluding carboxylic acids is 1. The number of carbonyl (C=O) groups is 1. The molecule has 4 heteroatoms. The molecule has 0 atom stereocenters. The summed E-state index contributed by atoms with van der Waals surface area (Å²) < 4.78 is 0. The van der Waals surface area contributed by atoms with Crippen LogP contribution in [0, 0.1) is 5.92 Å². The second-order valence-electron chi connectivity index (χ2n) is 7.07. The monoisotopic (exact) mass is 281 g/mol. The predicted molar refractivity (Wildman–Crippen MR) is 82.5 cm³/mol. The van der Waals surface area contributed by atoms with Gasteiger partial charge in [-0.05, 0) is 32.6 Å². The first kappa shape index (κ1) is 15.8. The fourth-order valence-corrected chi connectivity index (χ4v) is 3.56. The Morgan fingerprint density at radius 2 is 1.60 bits per heavy atom. The van der Waals surface area contributed by atoms with E-state index in [4.69, 9.17) is 5.73 Å². The van der Waals surface area contributed by atoms with Crippen LogP contribution in [-0.2, 0) is 4.79 Å². The third-order valence-corrected chi connectivity index (χ3v) is 5.26. The number of hydrogen-bond acceptors (Lipinski definition) is 3. The van der Waals surface area contributed by atoms with Gasteiger partial charge in [-0.2, -0.15) is 0 Å². The first-order valence-corrected chi connectivity index (χ1v) is 8.27. The second kappa shape index (κ2) is 6.90. The lowest BCUT2D eigenvalue weighted by Crippen LogP contribution is -2.60. The molecule has 0 unspecified atom stereocenters. The lowest BCUT2D eigenvalue weighted by atomic mass is 9.98. The van der Waals surface area contributed by atoms with Crippen LogP contribution >= 0.6 is 0 Å². The van der Waals surface area contributed by atoms with Crippen molar-refractivity contribution in [2.75, 3.05) is 32.7 Å². The molecule has 1 amide bonds. The van der Waals surface area contributed by atoms with Gasteiger partial charge in [-0.25, -0.2) is 0 Å². The molecular weight excluding hydrogens is 250 g/mol. The maximum Gasteiger partial charge on any atom is 0.237 e. The first-order chi connectivity index (χ1) is 9.50. The van der Waals surface area contributed by atoms with Gasteiger partial charge in [0.25, 0.3) is 0 Å². The Kier molecular flexibility index (Phi) is 5.44. The van der Waals surface area contributed by atoms with E-state index in [1.165, 1.54) is 45.1 Å². The van der Waals surface area contributed by atoms with E-state index in [1.54, 1.807) is 0 Å². The van der Waals surface area contributed by atoms with Gasteiger partial charge >= 0.3 is 0 Å². The van der Waals surface area contributed by atoms with E-state index in [1.807, 2.05) is 13.8 Å². The summed E-state index contributed by atoms with van der Waals surface area (Å²) in [5.74, 6) is 0.683. The normalized spacial score (nSPS) is 24.5. The average molecular weight is 281 g/mol. The molecule has 1 aliphatic carbocycles. The highest BCUT2D eigenvalue weighted by Crippen LogP contribution is 2.24. The Balaban J connectivity index is 1.77. The van der Waals surface area contributed by atoms with Crippen molar-refractivity contribution in [1.29, 1.82) is 0 Å². The Morgan fingerprint density at radius 3 is 2.10 bits per heavy atom. The van der Waals surface area contributed by atoms with E-state index in [-0.39, 0.29) is 5.91 Å². The quantitative estimate of drug-likeness (QED) is 0.800. The van der Waals surface area contributed by atoms with Crippen molar-refractivity contribution in [1.82, 2.24) is 9.80 Å². The number of nitrogens with two attached hydrogens (primary N) is 1. The topological polar surface area (TPSA) is 49.6 Å². The van der Waals surface area contributed by atoms with Gasteiger partial charge in [0.2, 0.25) is 5.91 Å². The minimum absolute atomic E-state index is 0.213. The van der Waals surface area contributed by atoms with Crippen LogP contribution in [0.1, 0.15) is 52.4 Å². The summed E-state index contributed by atoms with van der Waals surface area (Å²) in [4.78, 5) is 16.3. The lowest BCUT2D eigenvalue weighted by molar-refractivity contribution is -0.129. The molecule has 2 aliphatic rings. The predicted octanol–water partition coefficient (Wildman–Crippen LogP) is 1.84. The highest BCUT2D eigenvalue weighted by Gasteiger charge is 2.34. The highest BCUT2D eigenvalue weighted by atomic mass is 16.1. The summed E-state index contributed by atoms with van der Waals surface area (Å²) >= 11 is 0. The van der Waals surface area contributed by atoms with Crippen molar-refractivity contribution in [3.63, 3.8) is 0 Å². The van der Waals surface area contributed by atoms with Gasteiger partial charge in [0.05, 0.1) is 5.54 Å². The first-order valence-electron chi connectivity index (χ1n) is 8.27. The van der Waals surface area contributed by atoms with Crippen LogP contribution in [0.2, 0.25) is 0 Å². The van der Waals surface area contributed by atoms with E-state index in [2.05, 4.69) is 9.80 Å². The number of primary amides is 1. The Bertz CT molecular complexity index is 314. The third-order valence-electron chi connectivity index (χ3n) is 5.26. The molecule has 2 fully saturated rings. The van der Waals surface area contributed by atoms with Crippen molar-refractivity contribution in [2.45, 2.75) is 57.9 Å². The maximum atomic E-state index is 11.5. The lowest BCUT2D eigenvalue weighted by Gasteiger charge is -2.43. The molecule has 0 aromatic rings. The zero-order valence-electron chi connectivity index (χ0n) is 13.2. The van der Waals surface area contributed by atoms with Gasteiger partial charge in [-0.1, -0.05) is 25.7 Å². The van der Waals surface area contributed by atoms with Crippen LogP contribution in [0.4, 0.5) is 0 Å². The summed E-state index contributed by atoms with van der Waals surface area (Å²) in [5, 5.41) is 0. The molecule has 1 saturated carbocycles. The van der Waals surface area contributed by atoms with E-state index in [0.717, 1.165) is 32.1 Å². The molecule has 0 radical (unpaired) electrons. The molecule has 1 saturated heterocycles. The smallest absolute Gasteiger partial charge is 0.237 e. The molecule has 116 valence electrons. The number of nitrogens with zero attached hydrogens (tertiary/aromatic N) is 2. The Labute approximate surface area is 123 Å². The molecule has 0 aromatic heterocycles. The van der Waals surface area contributed by atoms with Crippen LogP contribution in [0.15, 0.2) is 0 Å². The summed E-state index contributed by atoms with van der Waals surface area (Å²) in [5.41, 5.74) is 5.00. The number of hydrogen-bond donors (Lipinski definition) is 1. The number of amides is 1. The van der Waals surface area contributed by atoms with Crippen LogP contribution in [-0.4, -0.2) is 54.0 Å². The minimum Gasteiger partial charge on any atom is -0.368 e. The van der Waals surface area contributed by atoms with Crippen LogP contribution < -0.4 is 5.73 Å². The molecule has 0 aromatic carbocycles. The number of piperazine rings is 1. The van der Waals surface area contributed by atoms with E-state index in [9.17, 15) is 4.79 Å². The fourth-order valence-electron chi connectivity index (χ4n) is 3.56. The van der Waals surface area contributed by atoms with Crippen molar-refractivity contribution in [3.05, 3.63) is 0 Å². The zero-order valence-corrected chi connectivity index (χ0v) is 13.2. The van der Waals surface area contributed by atoms with Gasteiger partial charge in [-0.3, -0.25) is 9.69 Å². The fraction of sp³-hybridized carbons (Fsp3) is 0.938. The van der Waals surface area contributed by atoms with Gasteiger partial charge < -0.3 is 10.6 Å². The van der Waals surface area contributed by atoms with E-state index in [0.29, 0.717) is 0 Å². The molecule has 1 heterocycles. The molecular formula is C16H31N3O. The van der Waals surface area contributed by atoms with Crippen molar-refractivity contribution in [2.24, 2.45) is 11.7 Å². The molecule has 2 N–H and O–H groups in total. The number of rotatable bonds is 4. The molecule has 2 rings (SSSR count). The van der Waals surface area contributed by atoms with Gasteiger partial charge in [0, 0.05) is 32.7 Å². The van der Waals surface area contributed by atoms with E-state index >= 15 is 0 Å². The SMILES string of the molecule is CC(C)(C(N)=O)N1CCN(CC2CCCCCC2)CC1. The van der Waals surface area contributed by atoms with Crippen molar-refractivity contribution in [3.8, 4) is 0 Å². The van der Waals surface area contributed by atoms with Crippen LogP contribution in [0.5, 0.6) is 0 Å². The average Bonchev–Trinajstić information content (AvgIpc) is 2.68. The molecule has 0 spiro atoms. The van der Waals surface area contributed by atoms with E-state index < -0.39 is 5.54 Å². The van der Waals surface area contributed by atoms with Crippen LogP contribution in [0.3, 0.4) is 0 Å². The Hall–Kier alpha value is -0.610.